The number of nitrogens with two attached hydrogens (primary N) is 1. The summed E-state index contributed by atoms with van der Waals surface area (Å²) in [5, 5.41) is 18.6. The number of nitrogens with zero attached hydrogens (tertiary/aromatic N) is 7. The van der Waals surface area contributed by atoms with E-state index >= 15 is 0 Å². The molecule has 0 aliphatic carbocycles. The van der Waals surface area contributed by atoms with E-state index < -0.39 is 0 Å². The van der Waals surface area contributed by atoms with Crippen LogP contribution in [0.3, 0.4) is 0 Å². The molecule has 0 saturated carbocycles. The molecule has 1 saturated heterocycles. The highest BCUT2D eigenvalue weighted by molar-refractivity contribution is 7.13. The van der Waals surface area contributed by atoms with Crippen molar-refractivity contribution in [2.24, 2.45) is 10.7 Å². The van der Waals surface area contributed by atoms with E-state index in [-0.39, 0.29) is 5.54 Å². The predicted molar refractivity (Wildman–Crippen MR) is 113 cm³/mol. The fraction of sp³-hybridized carbons (Fsp3) is 0.316. The molecule has 9 nitrogen and oxygen atoms in total. The lowest BCUT2D eigenvalue weighted by atomic mass is 9.89. The Morgan fingerprint density at radius 2 is 2.41 bits per heavy atom. The number of aromatic amines is 1. The van der Waals surface area contributed by atoms with Gasteiger partial charge in [-0.15, -0.1) is 21.5 Å². The topological polar surface area (TPSA) is 114 Å². The Labute approximate surface area is 171 Å². The highest BCUT2D eigenvalue weighted by atomic mass is 32.1. The molecular formula is C19H21N9S. The van der Waals surface area contributed by atoms with Gasteiger partial charge in [-0.2, -0.15) is 5.10 Å². The number of hydrogen-bond acceptors (Lipinski definition) is 7. The number of nitrogens with one attached hydrogen (secondary N) is 1. The molecule has 1 atom stereocenters. The smallest absolute Gasteiger partial charge is 0.163 e. The molecule has 1 fully saturated rings. The van der Waals surface area contributed by atoms with Crippen LogP contribution in [0.4, 0.5) is 0 Å². The molecule has 0 radical (unpaired) electrons. The van der Waals surface area contributed by atoms with Gasteiger partial charge in [0.2, 0.25) is 0 Å². The van der Waals surface area contributed by atoms with Gasteiger partial charge < -0.3 is 10.6 Å². The third-order valence-corrected chi connectivity index (χ3v) is 6.57. The van der Waals surface area contributed by atoms with Crippen LogP contribution in [0.25, 0.3) is 22.1 Å². The third kappa shape index (κ3) is 2.48. The van der Waals surface area contributed by atoms with Gasteiger partial charge in [0.05, 0.1) is 11.9 Å². The molecule has 2 aliphatic heterocycles. The van der Waals surface area contributed by atoms with Crippen molar-refractivity contribution in [1.82, 2.24) is 34.8 Å². The van der Waals surface area contributed by atoms with Gasteiger partial charge in [0, 0.05) is 29.9 Å². The second kappa shape index (κ2) is 6.66. The van der Waals surface area contributed by atoms with Crippen molar-refractivity contribution in [3.63, 3.8) is 0 Å². The Morgan fingerprint density at radius 3 is 3.17 bits per heavy atom. The maximum absolute atomic E-state index is 6.03. The Morgan fingerprint density at radius 1 is 1.52 bits per heavy atom. The predicted octanol–water partition coefficient (Wildman–Crippen LogP) is 2.67. The fourth-order valence-corrected chi connectivity index (χ4v) is 5.04. The molecular weight excluding hydrogens is 386 g/mol. The number of H-pyrrole nitrogens is 1. The van der Waals surface area contributed by atoms with Crippen LogP contribution in [0.2, 0.25) is 0 Å². The van der Waals surface area contributed by atoms with Crippen LogP contribution in [0.5, 0.6) is 0 Å². The first-order valence-corrected chi connectivity index (χ1v) is 10.4. The third-order valence-electron chi connectivity index (χ3n) is 5.78. The zero-order valence-electron chi connectivity index (χ0n) is 16.0. The molecule has 5 heterocycles. The Kier molecular flexibility index (Phi) is 4.09. The standard InChI is InChI=1S/C19H21N9S/c1-3-19-5-4-7-28(19)16(14(9-20)27-11-23-26-18(19)27)24-12(2)13-10-22-25-15(13)17-21-6-8-29-17/h6,8-11H,2-5,7,20H2,1H3,(H,22,25)/b14-9+,24-16+/t19-/m0/s1. The molecule has 3 N–H and O–H groups in total. The van der Waals surface area contributed by atoms with E-state index in [2.05, 4.69) is 43.8 Å². The van der Waals surface area contributed by atoms with Crippen molar-refractivity contribution in [1.29, 1.82) is 0 Å². The zero-order valence-corrected chi connectivity index (χ0v) is 16.9. The molecule has 3 aromatic heterocycles. The van der Waals surface area contributed by atoms with Crippen LogP contribution in [0.1, 0.15) is 37.6 Å². The van der Waals surface area contributed by atoms with Crippen molar-refractivity contribution in [3.8, 4) is 10.7 Å². The maximum Gasteiger partial charge on any atom is 0.163 e. The quantitative estimate of drug-likeness (QED) is 0.687. The van der Waals surface area contributed by atoms with Gasteiger partial charge in [-0.05, 0) is 19.3 Å². The zero-order chi connectivity index (χ0) is 20.0. The number of fused-ring (bicyclic) bond motifs is 3. The first kappa shape index (κ1) is 17.8. The van der Waals surface area contributed by atoms with Crippen molar-refractivity contribution in [3.05, 3.63) is 48.3 Å². The molecule has 148 valence electrons. The lowest BCUT2D eigenvalue weighted by molar-refractivity contribution is 0.199. The van der Waals surface area contributed by atoms with Crippen molar-refractivity contribution in [2.45, 2.75) is 31.7 Å². The fourth-order valence-electron chi connectivity index (χ4n) is 4.40. The molecule has 0 unspecified atom stereocenters. The maximum atomic E-state index is 6.03. The Hall–Kier alpha value is -3.27. The summed E-state index contributed by atoms with van der Waals surface area (Å²) in [6.07, 6.45) is 9.74. The molecule has 10 heteroatoms. The van der Waals surface area contributed by atoms with E-state index in [0.29, 0.717) is 5.70 Å². The minimum Gasteiger partial charge on any atom is -0.403 e. The Balaban J connectivity index is 1.63. The van der Waals surface area contributed by atoms with Gasteiger partial charge in [0.25, 0.3) is 0 Å². The summed E-state index contributed by atoms with van der Waals surface area (Å²) in [6.45, 7) is 7.29. The Bertz CT molecular complexity index is 1120. The summed E-state index contributed by atoms with van der Waals surface area (Å²) < 4.78 is 1.95. The number of thiazole rings is 1. The van der Waals surface area contributed by atoms with Gasteiger partial charge in [0.1, 0.15) is 28.3 Å². The molecule has 0 bridgehead atoms. The first-order chi connectivity index (χ1) is 14.2. The van der Waals surface area contributed by atoms with E-state index in [1.54, 1.807) is 24.9 Å². The van der Waals surface area contributed by atoms with E-state index in [1.807, 2.05) is 9.95 Å². The van der Waals surface area contributed by atoms with Gasteiger partial charge >= 0.3 is 0 Å². The summed E-state index contributed by atoms with van der Waals surface area (Å²) in [4.78, 5) is 11.6. The van der Waals surface area contributed by atoms with Crippen LogP contribution in [0, 0.1) is 0 Å². The van der Waals surface area contributed by atoms with Crippen LogP contribution in [-0.2, 0) is 5.54 Å². The van der Waals surface area contributed by atoms with E-state index in [4.69, 9.17) is 10.7 Å². The highest BCUT2D eigenvalue weighted by Gasteiger charge is 2.50. The SMILES string of the molecule is C=C(/N=C1\C(=C/N)n2cnnc2[C@]2(CC)CCCN12)c1cn[nH]c1-c1nccs1. The van der Waals surface area contributed by atoms with Gasteiger partial charge in [-0.1, -0.05) is 13.5 Å². The molecule has 29 heavy (non-hydrogen) atoms. The van der Waals surface area contributed by atoms with Crippen LogP contribution in [0.15, 0.2) is 41.9 Å². The molecule has 0 aromatic carbocycles. The lowest BCUT2D eigenvalue weighted by Gasteiger charge is -2.43. The number of rotatable bonds is 4. The summed E-state index contributed by atoms with van der Waals surface area (Å²) in [6, 6.07) is 0. The average Bonchev–Trinajstić information content (AvgIpc) is 3.53. The van der Waals surface area contributed by atoms with Crippen LogP contribution in [-0.4, -0.2) is 47.2 Å². The van der Waals surface area contributed by atoms with Gasteiger partial charge in [0.15, 0.2) is 11.7 Å². The number of hydrogen-bond donors (Lipinski definition) is 2. The average molecular weight is 408 g/mol. The number of aromatic nitrogens is 6. The summed E-state index contributed by atoms with van der Waals surface area (Å²) >= 11 is 1.54. The minimum absolute atomic E-state index is 0.226. The van der Waals surface area contributed by atoms with Crippen molar-refractivity contribution in [2.75, 3.05) is 6.54 Å². The second-order valence-electron chi connectivity index (χ2n) is 7.09. The molecule has 3 aromatic rings. The van der Waals surface area contributed by atoms with E-state index in [9.17, 15) is 0 Å². The molecule has 2 aliphatic rings. The minimum atomic E-state index is -0.226. The van der Waals surface area contributed by atoms with Crippen LogP contribution < -0.4 is 5.73 Å². The van der Waals surface area contributed by atoms with Crippen LogP contribution >= 0.6 is 11.3 Å². The molecule has 0 amide bonds. The van der Waals surface area contributed by atoms with Gasteiger partial charge in [-0.3, -0.25) is 9.67 Å². The summed E-state index contributed by atoms with van der Waals surface area (Å²) in [7, 11) is 0. The van der Waals surface area contributed by atoms with Crippen molar-refractivity contribution < 1.29 is 0 Å². The summed E-state index contributed by atoms with van der Waals surface area (Å²) in [5.41, 5.74) is 8.81. The van der Waals surface area contributed by atoms with E-state index in [1.165, 1.54) is 11.3 Å². The molecule has 0 spiro atoms. The largest absolute Gasteiger partial charge is 0.403 e. The first-order valence-electron chi connectivity index (χ1n) is 9.51. The van der Waals surface area contributed by atoms with Crippen molar-refractivity contribution >= 4 is 28.6 Å². The van der Waals surface area contributed by atoms with E-state index in [0.717, 1.165) is 59.4 Å². The second-order valence-corrected chi connectivity index (χ2v) is 7.99. The number of amidine groups is 1. The number of aliphatic imine (C=N–C) groups is 1. The normalized spacial score (nSPS) is 23.6. The van der Waals surface area contributed by atoms with Gasteiger partial charge in [-0.25, -0.2) is 9.98 Å². The highest BCUT2D eigenvalue weighted by Crippen LogP contribution is 2.46. The monoisotopic (exact) mass is 407 g/mol. The lowest BCUT2D eigenvalue weighted by Crippen LogP contribution is -2.51. The molecule has 5 rings (SSSR count). The summed E-state index contributed by atoms with van der Waals surface area (Å²) in [5.74, 6) is 1.71.